The van der Waals surface area contributed by atoms with E-state index in [9.17, 15) is 9.59 Å². The number of amides is 1. The number of pyridine rings is 1. The molecule has 2 aromatic heterocycles. The summed E-state index contributed by atoms with van der Waals surface area (Å²) in [4.78, 5) is 29.2. The lowest BCUT2D eigenvalue weighted by molar-refractivity contribution is -0.141. The first kappa shape index (κ1) is 16.2. The number of aryl methyl sites for hydroxylation is 1. The molecule has 2 rings (SSSR count). The fourth-order valence-electron chi connectivity index (χ4n) is 2.14. The highest BCUT2D eigenvalue weighted by Crippen LogP contribution is 2.22. The molecular formula is C16H18N2O3S. The van der Waals surface area contributed by atoms with Crippen LogP contribution in [0.2, 0.25) is 0 Å². The maximum absolute atomic E-state index is 12.4. The first-order valence-corrected chi connectivity index (χ1v) is 7.83. The predicted octanol–water partition coefficient (Wildman–Crippen LogP) is 2.91. The third-order valence-electron chi connectivity index (χ3n) is 3.45. The van der Waals surface area contributed by atoms with Gasteiger partial charge in [-0.2, -0.15) is 11.3 Å². The van der Waals surface area contributed by atoms with Crippen LogP contribution < -0.4 is 0 Å². The van der Waals surface area contributed by atoms with Crippen LogP contribution in [0.1, 0.15) is 23.0 Å². The van der Waals surface area contributed by atoms with Gasteiger partial charge < -0.3 is 10.0 Å². The van der Waals surface area contributed by atoms with E-state index in [2.05, 4.69) is 4.98 Å². The summed E-state index contributed by atoms with van der Waals surface area (Å²) in [6.45, 7) is 3.54. The van der Waals surface area contributed by atoms with Crippen molar-refractivity contribution in [3.63, 3.8) is 0 Å². The standard InChI is InChI=1S/C16H18N2O3S/c1-10(16(20)21)8-18(3)15(19)13-4-5-14(17-11(13)2)12-6-7-22-9-12/h4-7,9-10H,8H2,1-3H3,(H,20,21). The monoisotopic (exact) mass is 318 g/mol. The molecule has 116 valence electrons. The second-order valence-corrected chi connectivity index (χ2v) is 6.05. The number of hydrogen-bond acceptors (Lipinski definition) is 4. The van der Waals surface area contributed by atoms with Crippen LogP contribution in [0.5, 0.6) is 0 Å². The van der Waals surface area contributed by atoms with E-state index in [0.717, 1.165) is 11.3 Å². The molecule has 2 heterocycles. The molecule has 0 fully saturated rings. The van der Waals surface area contributed by atoms with E-state index in [1.165, 1.54) is 4.90 Å². The normalized spacial score (nSPS) is 12.0. The summed E-state index contributed by atoms with van der Waals surface area (Å²) in [7, 11) is 1.61. The maximum Gasteiger partial charge on any atom is 0.308 e. The Balaban J connectivity index is 2.18. The molecule has 0 spiro atoms. The number of aromatic nitrogens is 1. The summed E-state index contributed by atoms with van der Waals surface area (Å²) in [6.07, 6.45) is 0. The molecule has 0 aromatic carbocycles. The van der Waals surface area contributed by atoms with Gasteiger partial charge in [0.1, 0.15) is 0 Å². The highest BCUT2D eigenvalue weighted by molar-refractivity contribution is 7.08. The van der Waals surface area contributed by atoms with E-state index in [4.69, 9.17) is 5.11 Å². The highest BCUT2D eigenvalue weighted by Gasteiger charge is 2.20. The number of aliphatic carboxylic acids is 1. The minimum atomic E-state index is -0.915. The first-order valence-electron chi connectivity index (χ1n) is 6.88. The molecule has 1 amide bonds. The van der Waals surface area contributed by atoms with Crippen molar-refractivity contribution >= 4 is 23.2 Å². The van der Waals surface area contributed by atoms with E-state index in [0.29, 0.717) is 11.3 Å². The zero-order valence-corrected chi connectivity index (χ0v) is 13.6. The number of rotatable bonds is 5. The molecule has 0 saturated carbocycles. The van der Waals surface area contributed by atoms with Gasteiger partial charge in [0, 0.05) is 24.5 Å². The third-order valence-corrected chi connectivity index (χ3v) is 4.13. The first-order chi connectivity index (χ1) is 10.4. The number of carboxylic acids is 1. The number of carbonyl (C=O) groups excluding carboxylic acids is 1. The molecule has 0 radical (unpaired) electrons. The average molecular weight is 318 g/mol. The van der Waals surface area contributed by atoms with Crippen LogP contribution in [0, 0.1) is 12.8 Å². The Morgan fingerprint density at radius 3 is 2.64 bits per heavy atom. The molecule has 5 nitrogen and oxygen atoms in total. The van der Waals surface area contributed by atoms with E-state index >= 15 is 0 Å². The molecule has 1 unspecified atom stereocenters. The van der Waals surface area contributed by atoms with Crippen LogP contribution in [0.25, 0.3) is 11.3 Å². The van der Waals surface area contributed by atoms with Crippen LogP contribution in [0.3, 0.4) is 0 Å². The Kier molecular flexibility index (Phi) is 4.92. The van der Waals surface area contributed by atoms with Gasteiger partial charge in [-0.3, -0.25) is 14.6 Å². The van der Waals surface area contributed by atoms with Crippen molar-refractivity contribution in [1.29, 1.82) is 0 Å². The van der Waals surface area contributed by atoms with Crippen molar-refractivity contribution in [2.45, 2.75) is 13.8 Å². The summed E-state index contributed by atoms with van der Waals surface area (Å²) < 4.78 is 0. The van der Waals surface area contributed by atoms with Crippen LogP contribution in [-0.2, 0) is 4.79 Å². The van der Waals surface area contributed by atoms with Crippen molar-refractivity contribution in [2.75, 3.05) is 13.6 Å². The topological polar surface area (TPSA) is 70.5 Å². The van der Waals surface area contributed by atoms with E-state index < -0.39 is 11.9 Å². The largest absolute Gasteiger partial charge is 0.481 e. The summed E-state index contributed by atoms with van der Waals surface area (Å²) in [5.74, 6) is -1.73. The van der Waals surface area contributed by atoms with Gasteiger partial charge in [0.25, 0.3) is 5.91 Å². The average Bonchev–Trinajstić information content (AvgIpc) is 3.00. The second-order valence-electron chi connectivity index (χ2n) is 5.27. The molecule has 0 aliphatic heterocycles. The number of hydrogen-bond donors (Lipinski definition) is 1. The number of thiophene rings is 1. The lowest BCUT2D eigenvalue weighted by Crippen LogP contribution is -2.34. The molecule has 1 N–H and O–H groups in total. The molecule has 0 saturated heterocycles. The quantitative estimate of drug-likeness (QED) is 0.920. The smallest absolute Gasteiger partial charge is 0.308 e. The molecule has 6 heteroatoms. The van der Waals surface area contributed by atoms with Crippen molar-refractivity contribution in [2.24, 2.45) is 5.92 Å². The Hall–Kier alpha value is -2.21. The van der Waals surface area contributed by atoms with Gasteiger partial charge in [-0.25, -0.2) is 0 Å². The molecule has 2 aromatic rings. The predicted molar refractivity (Wildman–Crippen MR) is 86.0 cm³/mol. The van der Waals surface area contributed by atoms with Crippen molar-refractivity contribution in [1.82, 2.24) is 9.88 Å². The minimum absolute atomic E-state index is 0.167. The van der Waals surface area contributed by atoms with E-state index in [1.807, 2.05) is 22.9 Å². The maximum atomic E-state index is 12.4. The summed E-state index contributed by atoms with van der Waals surface area (Å²) in [6, 6.07) is 5.55. The van der Waals surface area contributed by atoms with Crippen LogP contribution in [0.15, 0.2) is 29.0 Å². The van der Waals surface area contributed by atoms with Gasteiger partial charge >= 0.3 is 5.97 Å². The number of nitrogens with zero attached hydrogens (tertiary/aromatic N) is 2. The summed E-state index contributed by atoms with van der Waals surface area (Å²) >= 11 is 1.59. The lowest BCUT2D eigenvalue weighted by atomic mass is 10.1. The van der Waals surface area contributed by atoms with Gasteiger partial charge in [0.15, 0.2) is 0 Å². The Bertz CT molecular complexity index is 683. The van der Waals surface area contributed by atoms with Gasteiger partial charge in [0.05, 0.1) is 22.9 Å². The molecule has 0 aliphatic carbocycles. The van der Waals surface area contributed by atoms with E-state index in [1.54, 1.807) is 38.3 Å². The summed E-state index contributed by atoms with van der Waals surface area (Å²) in [5.41, 5.74) is 3.00. The molecule has 0 bridgehead atoms. The van der Waals surface area contributed by atoms with Gasteiger partial charge in [-0.1, -0.05) is 6.92 Å². The zero-order chi connectivity index (χ0) is 16.3. The summed E-state index contributed by atoms with van der Waals surface area (Å²) in [5, 5.41) is 12.9. The highest BCUT2D eigenvalue weighted by atomic mass is 32.1. The Morgan fingerprint density at radius 1 is 1.36 bits per heavy atom. The van der Waals surface area contributed by atoms with E-state index in [-0.39, 0.29) is 12.5 Å². The number of carboxylic acid groups (broad SMARTS) is 1. The fraction of sp³-hybridized carbons (Fsp3) is 0.312. The lowest BCUT2D eigenvalue weighted by Gasteiger charge is -2.20. The fourth-order valence-corrected chi connectivity index (χ4v) is 2.79. The van der Waals surface area contributed by atoms with Gasteiger partial charge in [-0.15, -0.1) is 0 Å². The second kappa shape index (κ2) is 6.70. The van der Waals surface area contributed by atoms with Crippen LogP contribution in [-0.4, -0.2) is 40.5 Å². The van der Waals surface area contributed by atoms with Gasteiger partial charge in [-0.05, 0) is 30.5 Å². The third kappa shape index (κ3) is 3.51. The number of carbonyl (C=O) groups is 2. The Labute approximate surface area is 133 Å². The Morgan fingerprint density at radius 2 is 2.09 bits per heavy atom. The van der Waals surface area contributed by atoms with Crippen molar-refractivity contribution in [3.05, 3.63) is 40.2 Å². The van der Waals surface area contributed by atoms with Crippen molar-refractivity contribution < 1.29 is 14.7 Å². The zero-order valence-electron chi connectivity index (χ0n) is 12.7. The van der Waals surface area contributed by atoms with Crippen LogP contribution >= 0.6 is 11.3 Å². The van der Waals surface area contributed by atoms with Crippen LogP contribution in [0.4, 0.5) is 0 Å². The molecular weight excluding hydrogens is 300 g/mol. The SMILES string of the molecule is Cc1nc(-c2ccsc2)ccc1C(=O)N(C)CC(C)C(=O)O. The molecule has 1 atom stereocenters. The van der Waals surface area contributed by atoms with Gasteiger partial charge in [0.2, 0.25) is 0 Å². The minimum Gasteiger partial charge on any atom is -0.481 e. The van der Waals surface area contributed by atoms with Crippen molar-refractivity contribution in [3.8, 4) is 11.3 Å². The molecule has 0 aliphatic rings. The molecule has 22 heavy (non-hydrogen) atoms.